The lowest BCUT2D eigenvalue weighted by molar-refractivity contribution is 0.705. The van der Waals surface area contributed by atoms with Crippen molar-refractivity contribution in [2.24, 2.45) is 9.98 Å². The SMILES string of the molecule is C1=NC2N=CNC=C2NCC1. The van der Waals surface area contributed by atoms with Crippen molar-refractivity contribution in [3.8, 4) is 0 Å². The number of fused-ring (bicyclic) bond motifs is 1. The van der Waals surface area contributed by atoms with Crippen molar-refractivity contribution in [3.63, 3.8) is 0 Å². The Morgan fingerprint density at radius 2 is 2.45 bits per heavy atom. The van der Waals surface area contributed by atoms with E-state index in [1.807, 2.05) is 12.4 Å². The van der Waals surface area contributed by atoms with Crippen LogP contribution in [0, 0.1) is 0 Å². The Kier molecular flexibility index (Phi) is 1.59. The molecule has 0 saturated carbocycles. The molecule has 0 aliphatic carbocycles. The minimum Gasteiger partial charge on any atom is -0.383 e. The molecular weight excluding hydrogens is 140 g/mol. The molecule has 0 fully saturated rings. The molecule has 2 N–H and O–H groups in total. The third kappa shape index (κ3) is 1.24. The van der Waals surface area contributed by atoms with Crippen LogP contribution in [0.5, 0.6) is 0 Å². The molecule has 2 aliphatic rings. The molecule has 1 unspecified atom stereocenters. The molecule has 11 heavy (non-hydrogen) atoms. The first-order valence-corrected chi connectivity index (χ1v) is 3.70. The van der Waals surface area contributed by atoms with Crippen molar-refractivity contribution in [2.75, 3.05) is 6.54 Å². The monoisotopic (exact) mass is 150 g/mol. The zero-order chi connectivity index (χ0) is 7.52. The first kappa shape index (κ1) is 6.39. The molecule has 58 valence electrons. The largest absolute Gasteiger partial charge is 0.383 e. The van der Waals surface area contributed by atoms with Crippen LogP contribution in [-0.2, 0) is 0 Å². The van der Waals surface area contributed by atoms with Gasteiger partial charge in [-0.1, -0.05) is 0 Å². The van der Waals surface area contributed by atoms with Gasteiger partial charge in [0.2, 0.25) is 0 Å². The van der Waals surface area contributed by atoms with Crippen LogP contribution in [0.3, 0.4) is 0 Å². The average molecular weight is 150 g/mol. The van der Waals surface area contributed by atoms with E-state index in [2.05, 4.69) is 20.6 Å². The second-order valence-electron chi connectivity index (χ2n) is 2.47. The summed E-state index contributed by atoms with van der Waals surface area (Å²) in [5.41, 5.74) is 1.06. The first-order valence-electron chi connectivity index (χ1n) is 3.70. The van der Waals surface area contributed by atoms with Crippen LogP contribution in [0.4, 0.5) is 0 Å². The van der Waals surface area contributed by atoms with Crippen molar-refractivity contribution < 1.29 is 0 Å². The van der Waals surface area contributed by atoms with Crippen molar-refractivity contribution in [2.45, 2.75) is 12.6 Å². The van der Waals surface area contributed by atoms with Crippen LogP contribution >= 0.6 is 0 Å². The van der Waals surface area contributed by atoms with Crippen molar-refractivity contribution in [3.05, 3.63) is 11.9 Å². The van der Waals surface area contributed by atoms with E-state index in [9.17, 15) is 0 Å². The fourth-order valence-electron chi connectivity index (χ4n) is 1.11. The van der Waals surface area contributed by atoms with Gasteiger partial charge >= 0.3 is 0 Å². The molecule has 2 rings (SSSR count). The maximum Gasteiger partial charge on any atom is 0.181 e. The van der Waals surface area contributed by atoms with Crippen molar-refractivity contribution in [1.29, 1.82) is 0 Å². The molecule has 4 nitrogen and oxygen atoms in total. The highest BCUT2D eigenvalue weighted by Crippen LogP contribution is 2.08. The molecule has 0 aromatic carbocycles. The summed E-state index contributed by atoms with van der Waals surface area (Å²) in [6.45, 7) is 0.947. The van der Waals surface area contributed by atoms with Gasteiger partial charge in [-0.15, -0.1) is 0 Å². The molecule has 0 amide bonds. The van der Waals surface area contributed by atoms with E-state index >= 15 is 0 Å². The number of aliphatic imine (C=N–C) groups is 2. The Labute approximate surface area is 65.1 Å². The second kappa shape index (κ2) is 2.74. The first-order chi connectivity index (χ1) is 5.47. The van der Waals surface area contributed by atoms with Crippen molar-refractivity contribution >= 4 is 12.6 Å². The third-order valence-electron chi connectivity index (χ3n) is 1.66. The van der Waals surface area contributed by atoms with Gasteiger partial charge in [-0.2, -0.15) is 0 Å². The molecule has 1 atom stereocenters. The molecule has 0 aromatic rings. The van der Waals surface area contributed by atoms with E-state index in [1.54, 1.807) is 6.34 Å². The van der Waals surface area contributed by atoms with Gasteiger partial charge in [0.05, 0.1) is 12.0 Å². The normalized spacial score (nSPS) is 27.6. The number of nitrogens with one attached hydrogen (secondary N) is 2. The topological polar surface area (TPSA) is 48.8 Å². The summed E-state index contributed by atoms with van der Waals surface area (Å²) >= 11 is 0. The molecule has 2 aliphatic heterocycles. The molecule has 0 radical (unpaired) electrons. The Bertz CT molecular complexity index is 229. The molecule has 4 heteroatoms. The van der Waals surface area contributed by atoms with Crippen molar-refractivity contribution in [1.82, 2.24) is 10.6 Å². The van der Waals surface area contributed by atoms with E-state index in [1.165, 1.54) is 0 Å². The van der Waals surface area contributed by atoms with E-state index in [0.717, 1.165) is 18.7 Å². The zero-order valence-electron chi connectivity index (χ0n) is 6.12. The molecule has 0 spiro atoms. The van der Waals surface area contributed by atoms with Gasteiger partial charge < -0.3 is 10.6 Å². The number of nitrogens with zero attached hydrogens (tertiary/aromatic N) is 2. The number of rotatable bonds is 0. The fourth-order valence-corrected chi connectivity index (χ4v) is 1.11. The zero-order valence-corrected chi connectivity index (χ0v) is 6.12. The lowest BCUT2D eigenvalue weighted by Gasteiger charge is -2.14. The minimum absolute atomic E-state index is 0.0289. The predicted molar refractivity (Wildman–Crippen MR) is 44.6 cm³/mol. The lowest BCUT2D eigenvalue weighted by atomic mass is 10.3. The van der Waals surface area contributed by atoms with E-state index in [4.69, 9.17) is 0 Å². The van der Waals surface area contributed by atoms with Crippen LogP contribution in [0.25, 0.3) is 0 Å². The van der Waals surface area contributed by atoms with Gasteiger partial charge in [0, 0.05) is 19.0 Å². The summed E-state index contributed by atoms with van der Waals surface area (Å²) < 4.78 is 0. The van der Waals surface area contributed by atoms with Gasteiger partial charge in [0.1, 0.15) is 0 Å². The summed E-state index contributed by atoms with van der Waals surface area (Å²) in [6.07, 6.45) is 6.43. The number of hydrogen-bond acceptors (Lipinski definition) is 4. The highest BCUT2D eigenvalue weighted by atomic mass is 15.1. The Balaban J connectivity index is 2.21. The summed E-state index contributed by atoms with van der Waals surface area (Å²) in [5.74, 6) is 0. The van der Waals surface area contributed by atoms with Crippen LogP contribution in [0.2, 0.25) is 0 Å². The third-order valence-corrected chi connectivity index (χ3v) is 1.66. The van der Waals surface area contributed by atoms with Crippen LogP contribution < -0.4 is 10.6 Å². The lowest BCUT2D eigenvalue weighted by Crippen LogP contribution is -2.26. The maximum absolute atomic E-state index is 4.25. The Morgan fingerprint density at radius 1 is 1.45 bits per heavy atom. The summed E-state index contributed by atoms with van der Waals surface area (Å²) in [7, 11) is 0. The quantitative estimate of drug-likeness (QED) is 0.504. The molecule has 0 aromatic heterocycles. The molecular formula is C7H10N4. The maximum atomic E-state index is 4.25. The number of hydrogen-bond donors (Lipinski definition) is 2. The average Bonchev–Trinajstić information content (AvgIpc) is 2.28. The Morgan fingerprint density at radius 3 is 3.45 bits per heavy atom. The van der Waals surface area contributed by atoms with E-state index < -0.39 is 0 Å². The smallest absolute Gasteiger partial charge is 0.181 e. The highest BCUT2D eigenvalue weighted by molar-refractivity contribution is 5.62. The highest BCUT2D eigenvalue weighted by Gasteiger charge is 2.13. The van der Waals surface area contributed by atoms with Crippen LogP contribution in [0.15, 0.2) is 21.9 Å². The second-order valence-corrected chi connectivity index (χ2v) is 2.47. The van der Waals surface area contributed by atoms with E-state index in [-0.39, 0.29) is 6.17 Å². The predicted octanol–water partition coefficient (Wildman–Crippen LogP) is -0.151. The van der Waals surface area contributed by atoms with Gasteiger partial charge in [-0.3, -0.25) is 4.99 Å². The van der Waals surface area contributed by atoms with Gasteiger partial charge in [-0.25, -0.2) is 4.99 Å². The minimum atomic E-state index is -0.0289. The summed E-state index contributed by atoms with van der Waals surface area (Å²) in [6, 6.07) is 0. The van der Waals surface area contributed by atoms with Gasteiger partial charge in [-0.05, 0) is 6.42 Å². The summed E-state index contributed by atoms with van der Waals surface area (Å²) in [5, 5.41) is 6.16. The fraction of sp³-hybridized carbons (Fsp3) is 0.429. The van der Waals surface area contributed by atoms with E-state index in [0.29, 0.717) is 0 Å². The summed E-state index contributed by atoms with van der Waals surface area (Å²) in [4.78, 5) is 8.40. The molecule has 0 bridgehead atoms. The molecule has 0 saturated heterocycles. The Hall–Kier alpha value is -1.32. The van der Waals surface area contributed by atoms with Gasteiger partial charge in [0.25, 0.3) is 0 Å². The van der Waals surface area contributed by atoms with Gasteiger partial charge in [0.15, 0.2) is 6.17 Å². The molecule has 2 heterocycles. The standard InChI is InChI=1S/C7H10N4/c1-2-9-6-4-8-5-11-7(6)10-3-1/h3-5,7,9H,1-2H2,(H,8,11). The van der Waals surface area contributed by atoms with Crippen LogP contribution in [-0.4, -0.2) is 25.3 Å². The van der Waals surface area contributed by atoms with Crippen LogP contribution in [0.1, 0.15) is 6.42 Å².